The summed E-state index contributed by atoms with van der Waals surface area (Å²) in [5.41, 5.74) is 5.87. The predicted octanol–water partition coefficient (Wildman–Crippen LogP) is 0.404. The summed E-state index contributed by atoms with van der Waals surface area (Å²) >= 11 is 0. The standard InChI is InChI=1S/C9H14N4/c10-8-3-2-6-13(7-8)9-4-1-5-11-12-9/h1,4-5,8H,2-3,6-7,10H2. The molecular weight excluding hydrogens is 164 g/mol. The van der Waals surface area contributed by atoms with Crippen LogP contribution < -0.4 is 10.6 Å². The minimum Gasteiger partial charge on any atom is -0.354 e. The van der Waals surface area contributed by atoms with Gasteiger partial charge in [0.2, 0.25) is 0 Å². The lowest BCUT2D eigenvalue weighted by atomic mass is 10.1. The largest absolute Gasteiger partial charge is 0.354 e. The molecule has 1 aliphatic rings. The van der Waals surface area contributed by atoms with Crippen LogP contribution in [0, 0.1) is 0 Å². The minimum absolute atomic E-state index is 0.288. The monoisotopic (exact) mass is 178 g/mol. The molecule has 4 nitrogen and oxygen atoms in total. The van der Waals surface area contributed by atoms with Crippen LogP contribution in [-0.4, -0.2) is 29.3 Å². The Morgan fingerprint density at radius 3 is 3.15 bits per heavy atom. The van der Waals surface area contributed by atoms with E-state index < -0.39 is 0 Å². The molecule has 13 heavy (non-hydrogen) atoms. The molecule has 0 spiro atoms. The van der Waals surface area contributed by atoms with E-state index in [0.29, 0.717) is 0 Å². The number of piperidine rings is 1. The molecular formula is C9H14N4. The molecule has 1 aromatic heterocycles. The molecule has 1 unspecified atom stereocenters. The highest BCUT2D eigenvalue weighted by molar-refractivity contribution is 5.37. The summed E-state index contributed by atoms with van der Waals surface area (Å²) in [4.78, 5) is 2.20. The van der Waals surface area contributed by atoms with Crippen molar-refractivity contribution in [1.29, 1.82) is 0 Å². The summed E-state index contributed by atoms with van der Waals surface area (Å²) in [6.07, 6.45) is 3.96. The third kappa shape index (κ3) is 1.95. The molecule has 1 fully saturated rings. The van der Waals surface area contributed by atoms with Crippen LogP contribution in [0.25, 0.3) is 0 Å². The fraction of sp³-hybridized carbons (Fsp3) is 0.556. The van der Waals surface area contributed by atoms with Crippen molar-refractivity contribution in [1.82, 2.24) is 10.2 Å². The molecule has 0 bridgehead atoms. The molecule has 1 atom stereocenters. The second-order valence-electron chi connectivity index (χ2n) is 3.43. The van der Waals surface area contributed by atoms with Gasteiger partial charge in [-0.25, -0.2) is 0 Å². The summed E-state index contributed by atoms with van der Waals surface area (Å²) in [5, 5.41) is 7.91. The molecule has 2 heterocycles. The Kier molecular flexibility index (Phi) is 2.40. The molecule has 0 aromatic carbocycles. The number of hydrogen-bond acceptors (Lipinski definition) is 4. The van der Waals surface area contributed by atoms with Crippen LogP contribution in [-0.2, 0) is 0 Å². The topological polar surface area (TPSA) is 55.0 Å². The van der Waals surface area contributed by atoms with E-state index in [9.17, 15) is 0 Å². The van der Waals surface area contributed by atoms with Gasteiger partial charge in [-0.05, 0) is 25.0 Å². The van der Waals surface area contributed by atoms with Crippen LogP contribution in [0.5, 0.6) is 0 Å². The Balaban J connectivity index is 2.08. The molecule has 0 aliphatic carbocycles. The minimum atomic E-state index is 0.288. The average Bonchev–Trinajstić information content (AvgIpc) is 2.19. The molecule has 1 saturated heterocycles. The third-order valence-electron chi connectivity index (χ3n) is 2.34. The SMILES string of the molecule is NC1CCCN(c2cccnn2)C1. The van der Waals surface area contributed by atoms with Gasteiger partial charge in [-0.1, -0.05) is 0 Å². The van der Waals surface area contributed by atoms with Crippen LogP contribution in [0.4, 0.5) is 5.82 Å². The van der Waals surface area contributed by atoms with E-state index in [0.717, 1.165) is 31.7 Å². The van der Waals surface area contributed by atoms with Gasteiger partial charge in [0.05, 0.1) is 0 Å². The zero-order chi connectivity index (χ0) is 9.10. The quantitative estimate of drug-likeness (QED) is 0.676. The van der Waals surface area contributed by atoms with Gasteiger partial charge >= 0.3 is 0 Å². The van der Waals surface area contributed by atoms with Crippen LogP contribution in [0.15, 0.2) is 18.3 Å². The van der Waals surface area contributed by atoms with Crippen molar-refractivity contribution in [3.05, 3.63) is 18.3 Å². The third-order valence-corrected chi connectivity index (χ3v) is 2.34. The first-order valence-electron chi connectivity index (χ1n) is 4.64. The number of anilines is 1. The predicted molar refractivity (Wildman–Crippen MR) is 51.5 cm³/mol. The van der Waals surface area contributed by atoms with Gasteiger partial charge in [0, 0.05) is 25.3 Å². The van der Waals surface area contributed by atoms with Crippen molar-refractivity contribution >= 4 is 5.82 Å². The van der Waals surface area contributed by atoms with E-state index in [2.05, 4.69) is 15.1 Å². The van der Waals surface area contributed by atoms with E-state index in [4.69, 9.17) is 5.73 Å². The first kappa shape index (κ1) is 8.44. The summed E-state index contributed by atoms with van der Waals surface area (Å²) < 4.78 is 0. The van der Waals surface area contributed by atoms with Crippen LogP contribution >= 0.6 is 0 Å². The zero-order valence-corrected chi connectivity index (χ0v) is 7.56. The van der Waals surface area contributed by atoms with Gasteiger partial charge in [-0.2, -0.15) is 5.10 Å². The van der Waals surface area contributed by atoms with Gasteiger partial charge in [-0.3, -0.25) is 0 Å². The van der Waals surface area contributed by atoms with Crippen molar-refractivity contribution in [2.24, 2.45) is 5.73 Å². The highest BCUT2D eigenvalue weighted by Crippen LogP contribution is 2.15. The van der Waals surface area contributed by atoms with Crippen molar-refractivity contribution in [2.75, 3.05) is 18.0 Å². The molecule has 0 saturated carbocycles. The van der Waals surface area contributed by atoms with Gasteiger partial charge in [0.15, 0.2) is 5.82 Å². The smallest absolute Gasteiger partial charge is 0.151 e. The van der Waals surface area contributed by atoms with E-state index >= 15 is 0 Å². The zero-order valence-electron chi connectivity index (χ0n) is 7.56. The van der Waals surface area contributed by atoms with E-state index in [1.807, 2.05) is 12.1 Å². The molecule has 4 heteroatoms. The number of rotatable bonds is 1. The molecule has 0 amide bonds. The van der Waals surface area contributed by atoms with Gasteiger partial charge in [0.1, 0.15) is 0 Å². The van der Waals surface area contributed by atoms with Crippen LogP contribution in [0.2, 0.25) is 0 Å². The first-order chi connectivity index (χ1) is 6.36. The second kappa shape index (κ2) is 3.70. The normalized spacial score (nSPS) is 23.2. The Hall–Kier alpha value is -1.16. The van der Waals surface area contributed by atoms with Crippen molar-refractivity contribution < 1.29 is 0 Å². The fourth-order valence-corrected chi connectivity index (χ4v) is 1.68. The number of hydrogen-bond donors (Lipinski definition) is 1. The Morgan fingerprint density at radius 1 is 1.54 bits per heavy atom. The van der Waals surface area contributed by atoms with Gasteiger partial charge in [0.25, 0.3) is 0 Å². The molecule has 1 aromatic rings. The maximum Gasteiger partial charge on any atom is 0.151 e. The summed E-state index contributed by atoms with van der Waals surface area (Å²) in [5.74, 6) is 0.942. The second-order valence-corrected chi connectivity index (χ2v) is 3.43. The lowest BCUT2D eigenvalue weighted by molar-refractivity contribution is 0.502. The van der Waals surface area contributed by atoms with E-state index in [1.165, 1.54) is 0 Å². The van der Waals surface area contributed by atoms with Crippen molar-refractivity contribution in [2.45, 2.75) is 18.9 Å². The highest BCUT2D eigenvalue weighted by atomic mass is 15.3. The fourth-order valence-electron chi connectivity index (χ4n) is 1.68. The molecule has 0 radical (unpaired) electrons. The Bertz CT molecular complexity index is 262. The van der Waals surface area contributed by atoms with E-state index in [1.54, 1.807) is 6.20 Å². The van der Waals surface area contributed by atoms with Crippen LogP contribution in [0.1, 0.15) is 12.8 Å². The van der Waals surface area contributed by atoms with E-state index in [-0.39, 0.29) is 6.04 Å². The number of nitrogens with two attached hydrogens (primary N) is 1. The Labute approximate surface area is 77.8 Å². The summed E-state index contributed by atoms with van der Waals surface area (Å²) in [6, 6.07) is 4.17. The molecule has 1 aliphatic heterocycles. The Morgan fingerprint density at radius 2 is 2.46 bits per heavy atom. The summed E-state index contributed by atoms with van der Waals surface area (Å²) in [6.45, 7) is 1.95. The lowest BCUT2D eigenvalue weighted by Crippen LogP contribution is -2.43. The first-order valence-corrected chi connectivity index (χ1v) is 4.64. The summed E-state index contributed by atoms with van der Waals surface area (Å²) in [7, 11) is 0. The average molecular weight is 178 g/mol. The highest BCUT2D eigenvalue weighted by Gasteiger charge is 2.17. The maximum atomic E-state index is 5.87. The van der Waals surface area contributed by atoms with Crippen molar-refractivity contribution in [3.8, 4) is 0 Å². The molecule has 2 N–H and O–H groups in total. The number of aromatic nitrogens is 2. The maximum absolute atomic E-state index is 5.87. The number of nitrogens with zero attached hydrogens (tertiary/aromatic N) is 3. The van der Waals surface area contributed by atoms with Gasteiger partial charge < -0.3 is 10.6 Å². The molecule has 70 valence electrons. The van der Waals surface area contributed by atoms with Crippen molar-refractivity contribution in [3.63, 3.8) is 0 Å². The molecule has 2 rings (SSSR count). The van der Waals surface area contributed by atoms with Crippen LogP contribution in [0.3, 0.4) is 0 Å². The lowest BCUT2D eigenvalue weighted by Gasteiger charge is -2.31. The van der Waals surface area contributed by atoms with Gasteiger partial charge in [-0.15, -0.1) is 5.10 Å².